The van der Waals surface area contributed by atoms with Crippen LogP contribution in [0, 0.1) is 11.8 Å². The minimum atomic E-state index is 0.172. The van der Waals surface area contributed by atoms with Crippen molar-refractivity contribution in [2.24, 2.45) is 11.8 Å². The molecule has 1 saturated carbocycles. The van der Waals surface area contributed by atoms with E-state index in [2.05, 4.69) is 20.8 Å². The van der Waals surface area contributed by atoms with Crippen LogP contribution in [-0.2, 0) is 4.74 Å². The van der Waals surface area contributed by atoms with E-state index < -0.39 is 0 Å². The van der Waals surface area contributed by atoms with E-state index in [0.717, 1.165) is 11.8 Å². The predicted octanol–water partition coefficient (Wildman–Crippen LogP) is 4.41. The Morgan fingerprint density at radius 1 is 1.40 bits per heavy atom. The maximum Gasteiger partial charge on any atom is 0.0678 e. The van der Waals surface area contributed by atoms with Crippen LogP contribution in [-0.4, -0.2) is 12.7 Å². The van der Waals surface area contributed by atoms with Crippen molar-refractivity contribution in [3.8, 4) is 0 Å². The molecular weight excluding hydrogens is 184 g/mol. The topological polar surface area (TPSA) is 9.23 Å². The van der Waals surface area contributed by atoms with Crippen molar-refractivity contribution in [1.82, 2.24) is 0 Å². The molecule has 0 heterocycles. The largest absolute Gasteiger partial charge is 0.378 e. The summed E-state index contributed by atoms with van der Waals surface area (Å²) in [5, 5.41) is 0. The maximum atomic E-state index is 5.76. The average molecular weight is 212 g/mol. The fourth-order valence-corrected chi connectivity index (χ4v) is 2.50. The molecule has 2 unspecified atom stereocenters. The molecule has 2 atom stereocenters. The molecule has 0 radical (unpaired) electrons. The molecule has 0 aliphatic heterocycles. The molecule has 90 valence electrons. The molecule has 0 saturated heterocycles. The van der Waals surface area contributed by atoms with Crippen LogP contribution in [0.15, 0.2) is 0 Å². The van der Waals surface area contributed by atoms with E-state index in [-0.39, 0.29) is 5.60 Å². The van der Waals surface area contributed by atoms with E-state index in [1.54, 1.807) is 0 Å². The maximum absolute atomic E-state index is 5.76. The molecule has 0 amide bonds. The van der Waals surface area contributed by atoms with Crippen LogP contribution in [0.3, 0.4) is 0 Å². The van der Waals surface area contributed by atoms with Gasteiger partial charge >= 0.3 is 0 Å². The second-order valence-electron chi connectivity index (χ2n) is 5.55. The lowest BCUT2D eigenvalue weighted by atomic mass is 9.71. The monoisotopic (exact) mass is 212 g/mol. The molecule has 1 aliphatic rings. The van der Waals surface area contributed by atoms with Crippen molar-refractivity contribution in [3.05, 3.63) is 0 Å². The fraction of sp³-hybridized carbons (Fsp3) is 1.00. The first-order valence-corrected chi connectivity index (χ1v) is 6.67. The van der Waals surface area contributed by atoms with Gasteiger partial charge in [0.1, 0.15) is 0 Å². The van der Waals surface area contributed by atoms with E-state index in [0.29, 0.717) is 0 Å². The predicted molar refractivity (Wildman–Crippen MR) is 66.1 cm³/mol. The third kappa shape index (κ3) is 3.48. The minimum Gasteiger partial charge on any atom is -0.378 e. The molecule has 0 aromatic carbocycles. The quantitative estimate of drug-likeness (QED) is 0.607. The Hall–Kier alpha value is -0.0400. The van der Waals surface area contributed by atoms with Gasteiger partial charge in [-0.15, -0.1) is 0 Å². The van der Waals surface area contributed by atoms with Gasteiger partial charge in [0.25, 0.3) is 0 Å². The van der Waals surface area contributed by atoms with Gasteiger partial charge in [0.2, 0.25) is 0 Å². The highest BCUT2D eigenvalue weighted by Crippen LogP contribution is 2.41. The Kier molecular flexibility index (Phi) is 5.11. The first kappa shape index (κ1) is 13.0. The molecule has 0 aromatic heterocycles. The van der Waals surface area contributed by atoms with Gasteiger partial charge < -0.3 is 4.74 Å². The normalized spacial score (nSPS) is 23.2. The average Bonchev–Trinajstić information content (AvgIpc) is 2.14. The van der Waals surface area contributed by atoms with Gasteiger partial charge in [0.05, 0.1) is 5.60 Å². The van der Waals surface area contributed by atoms with Crippen LogP contribution < -0.4 is 0 Å². The minimum absolute atomic E-state index is 0.172. The molecule has 1 rings (SSSR count). The molecule has 0 N–H and O–H groups in total. The van der Waals surface area contributed by atoms with E-state index in [1.807, 2.05) is 7.11 Å². The molecular formula is C14H28O. The molecule has 1 nitrogen and oxygen atoms in total. The van der Waals surface area contributed by atoms with E-state index >= 15 is 0 Å². The number of rotatable bonds is 7. The lowest BCUT2D eigenvalue weighted by Gasteiger charge is -2.42. The summed E-state index contributed by atoms with van der Waals surface area (Å²) in [5.41, 5.74) is 0.172. The Bertz CT molecular complexity index is 174. The van der Waals surface area contributed by atoms with Crippen LogP contribution in [0.2, 0.25) is 0 Å². The third-order valence-electron chi connectivity index (χ3n) is 4.50. The second-order valence-corrected chi connectivity index (χ2v) is 5.55. The number of methoxy groups -OCH3 is 1. The first-order chi connectivity index (χ1) is 7.12. The van der Waals surface area contributed by atoms with Crippen LogP contribution in [0.1, 0.15) is 65.7 Å². The summed E-state index contributed by atoms with van der Waals surface area (Å²) in [6, 6.07) is 0. The van der Waals surface area contributed by atoms with E-state index in [9.17, 15) is 0 Å². The summed E-state index contributed by atoms with van der Waals surface area (Å²) in [6.07, 6.45) is 9.43. The van der Waals surface area contributed by atoms with Crippen molar-refractivity contribution in [1.29, 1.82) is 0 Å². The van der Waals surface area contributed by atoms with E-state index in [1.165, 1.54) is 44.9 Å². The Labute approximate surface area is 95.6 Å². The smallest absolute Gasteiger partial charge is 0.0678 e. The summed E-state index contributed by atoms with van der Waals surface area (Å²) in [6.45, 7) is 6.95. The van der Waals surface area contributed by atoms with Crippen molar-refractivity contribution in [2.75, 3.05) is 7.11 Å². The van der Waals surface area contributed by atoms with Gasteiger partial charge in [-0.25, -0.2) is 0 Å². The number of ether oxygens (including phenoxy) is 1. The number of hydrogen-bond donors (Lipinski definition) is 0. The summed E-state index contributed by atoms with van der Waals surface area (Å²) in [4.78, 5) is 0. The van der Waals surface area contributed by atoms with Gasteiger partial charge in [-0.2, -0.15) is 0 Å². The SMILES string of the molecule is CCC(C)CCCC(C)(OC)C1CCC1. The molecule has 1 heteroatoms. The van der Waals surface area contributed by atoms with Crippen molar-refractivity contribution in [2.45, 2.75) is 71.3 Å². The van der Waals surface area contributed by atoms with Gasteiger partial charge in [0.15, 0.2) is 0 Å². The van der Waals surface area contributed by atoms with Crippen LogP contribution in [0.25, 0.3) is 0 Å². The van der Waals surface area contributed by atoms with Gasteiger partial charge in [-0.05, 0) is 38.0 Å². The van der Waals surface area contributed by atoms with Gasteiger partial charge in [-0.3, -0.25) is 0 Å². The molecule has 1 aliphatic carbocycles. The Morgan fingerprint density at radius 2 is 2.07 bits per heavy atom. The third-order valence-corrected chi connectivity index (χ3v) is 4.50. The van der Waals surface area contributed by atoms with Crippen LogP contribution in [0.5, 0.6) is 0 Å². The van der Waals surface area contributed by atoms with Crippen molar-refractivity contribution in [3.63, 3.8) is 0 Å². The van der Waals surface area contributed by atoms with Crippen molar-refractivity contribution >= 4 is 0 Å². The van der Waals surface area contributed by atoms with Gasteiger partial charge in [0, 0.05) is 7.11 Å². The number of hydrogen-bond acceptors (Lipinski definition) is 1. The van der Waals surface area contributed by atoms with E-state index in [4.69, 9.17) is 4.74 Å². The highest BCUT2D eigenvalue weighted by atomic mass is 16.5. The second kappa shape index (κ2) is 5.89. The highest BCUT2D eigenvalue weighted by Gasteiger charge is 2.37. The Balaban J connectivity index is 2.26. The lowest BCUT2D eigenvalue weighted by Crippen LogP contribution is -2.40. The molecule has 0 spiro atoms. The molecule has 1 fully saturated rings. The van der Waals surface area contributed by atoms with Crippen LogP contribution in [0.4, 0.5) is 0 Å². The summed E-state index contributed by atoms with van der Waals surface area (Å²) >= 11 is 0. The Morgan fingerprint density at radius 3 is 2.47 bits per heavy atom. The zero-order valence-electron chi connectivity index (χ0n) is 11.0. The molecule has 0 bridgehead atoms. The summed E-state index contributed by atoms with van der Waals surface area (Å²) < 4.78 is 5.76. The zero-order chi connectivity index (χ0) is 11.3. The molecule has 15 heavy (non-hydrogen) atoms. The zero-order valence-corrected chi connectivity index (χ0v) is 11.0. The lowest BCUT2D eigenvalue weighted by molar-refractivity contribution is -0.0773. The highest BCUT2D eigenvalue weighted by molar-refractivity contribution is 4.88. The molecule has 0 aromatic rings. The first-order valence-electron chi connectivity index (χ1n) is 6.67. The summed E-state index contributed by atoms with van der Waals surface area (Å²) in [5.74, 6) is 1.71. The van der Waals surface area contributed by atoms with Crippen molar-refractivity contribution < 1.29 is 4.74 Å². The van der Waals surface area contributed by atoms with Gasteiger partial charge in [-0.1, -0.05) is 39.5 Å². The summed E-state index contributed by atoms with van der Waals surface area (Å²) in [7, 11) is 1.89. The standard InChI is InChI=1S/C14H28O/c1-5-12(2)8-7-11-14(3,15-4)13-9-6-10-13/h12-13H,5-11H2,1-4H3. The fourth-order valence-electron chi connectivity index (χ4n) is 2.50. The van der Waals surface area contributed by atoms with Crippen LogP contribution >= 0.6 is 0 Å².